The minimum Gasteiger partial charge on any atom is -0.390 e. The molecule has 0 aromatic heterocycles. The lowest BCUT2D eigenvalue weighted by Crippen LogP contribution is -2.49. The Morgan fingerprint density at radius 1 is 0.407 bits per heavy atom. The molecule has 6 aliphatic heterocycles. The van der Waals surface area contributed by atoms with Gasteiger partial charge in [-0.05, 0) is 188 Å². The number of carbonyl (C=O) groups excluding carboxylic acids is 6. The lowest BCUT2D eigenvalue weighted by molar-refractivity contribution is -0.128. The third-order valence-corrected chi connectivity index (χ3v) is 26.3. The smallest absolute Gasteiger partial charge is 0.237 e. The van der Waals surface area contributed by atoms with E-state index < -0.39 is 134 Å². The molecule has 606 valence electrons. The zero-order chi connectivity index (χ0) is 82.5. The van der Waals surface area contributed by atoms with E-state index in [-0.39, 0.29) is 130 Å². The maximum atomic E-state index is 15.7. The maximum Gasteiger partial charge on any atom is 0.237 e. The van der Waals surface area contributed by atoms with E-state index in [4.69, 9.17) is 58.0 Å². The van der Waals surface area contributed by atoms with E-state index in [2.05, 4.69) is 52.7 Å². The fraction of sp³-hybridized carbons (Fsp3) is 0.517. The number of nitrogens with one attached hydrogen (secondary N) is 6. The number of amides is 3. The van der Waals surface area contributed by atoms with Gasteiger partial charge in [0.05, 0.1) is 66.4 Å². The van der Waals surface area contributed by atoms with Gasteiger partial charge in [0.2, 0.25) is 17.7 Å². The SMILES string of the molecule is CC(C)(C)C[C@@H]1N[C@@H](C(=O)CC2CC(C)(O)C2)[C@H](c2cccc(Cl)c2F)[C@]12C(=O)Nc1c2ccc(Cl)c1F.CC(C)(C)C[C@@H]1N[C@@H](C(=O)CC2CC(C)(O)C2)[C@H](c2cccc(Cl)c2F)[C@]12C(=O)Nc1cc(Cl)ccc12.CC(C)(C)C[C@@H]1N[C@@H](C(=O)CC2CC(C)(O)C2)[C@H](c2cccc(F)c2F)[C@]12C(=O)Nc1c2ccc(Cl)c1F. The Balaban J connectivity index is 0.000000148. The summed E-state index contributed by atoms with van der Waals surface area (Å²) in [4.78, 5) is 83.8. The molecule has 113 heavy (non-hydrogen) atoms. The summed E-state index contributed by atoms with van der Waals surface area (Å²) in [6.45, 7) is 23.4. The largest absolute Gasteiger partial charge is 0.390 e. The fourth-order valence-electron chi connectivity index (χ4n) is 20.9. The molecule has 26 heteroatoms. The van der Waals surface area contributed by atoms with Gasteiger partial charge in [-0.3, -0.25) is 28.8 Å². The van der Waals surface area contributed by atoms with E-state index in [9.17, 15) is 48.5 Å². The molecule has 6 aromatic rings. The highest BCUT2D eigenvalue weighted by Gasteiger charge is 2.70. The van der Waals surface area contributed by atoms with Crippen molar-refractivity contribution in [1.82, 2.24) is 16.0 Å². The molecule has 15 nitrogen and oxygen atoms in total. The summed E-state index contributed by atoms with van der Waals surface area (Å²) in [6.07, 6.45) is 4.92. The summed E-state index contributed by atoms with van der Waals surface area (Å²) >= 11 is 30.8. The molecule has 9 N–H and O–H groups in total. The Morgan fingerprint density at radius 3 is 1.04 bits per heavy atom. The quantitative estimate of drug-likeness (QED) is 0.0437. The lowest BCUT2D eigenvalue weighted by atomic mass is 9.61. The molecule has 6 aromatic carbocycles. The summed E-state index contributed by atoms with van der Waals surface area (Å²) in [5.74, 6) is -10.0. The minimum absolute atomic E-state index is 0.0114. The molecule has 3 spiro atoms. The number of fused-ring (bicyclic) bond motifs is 6. The number of carbonyl (C=O) groups is 6. The second-order valence-electron chi connectivity index (χ2n) is 37.8. The number of aliphatic hydroxyl groups is 3. The third-order valence-electron chi connectivity index (χ3n) is 24.9. The first-order valence-electron chi connectivity index (χ1n) is 38.6. The van der Waals surface area contributed by atoms with Gasteiger partial charge in [-0.2, -0.15) is 0 Å². The van der Waals surface area contributed by atoms with Gasteiger partial charge in [0.1, 0.15) is 27.9 Å². The molecule has 3 saturated carbocycles. The highest BCUT2D eigenvalue weighted by molar-refractivity contribution is 6.33. The van der Waals surface area contributed by atoms with Crippen molar-refractivity contribution in [2.75, 3.05) is 16.0 Å². The molecule has 9 aliphatic rings. The van der Waals surface area contributed by atoms with E-state index in [0.717, 1.165) is 6.07 Å². The van der Waals surface area contributed by atoms with Crippen molar-refractivity contribution >= 4 is 110 Å². The number of benzene rings is 6. The van der Waals surface area contributed by atoms with Gasteiger partial charge in [0, 0.05) is 65.9 Å². The van der Waals surface area contributed by atoms with Gasteiger partial charge in [-0.15, -0.1) is 0 Å². The van der Waals surface area contributed by atoms with Gasteiger partial charge in [0.15, 0.2) is 40.6 Å². The van der Waals surface area contributed by atoms with Crippen LogP contribution in [0.4, 0.5) is 43.4 Å². The molecule has 6 heterocycles. The minimum atomic E-state index is -1.60. The van der Waals surface area contributed by atoms with E-state index in [1.54, 1.807) is 63.2 Å². The molecule has 6 fully saturated rings. The predicted octanol–water partition coefficient (Wildman–Crippen LogP) is 17.8. The van der Waals surface area contributed by atoms with E-state index in [1.807, 2.05) is 47.6 Å². The number of Topliss-reactive ketones (excluding diaryl/α,β-unsaturated/α-hetero) is 3. The van der Waals surface area contributed by atoms with Gasteiger partial charge in [-0.1, -0.05) is 175 Å². The van der Waals surface area contributed by atoms with E-state index >= 15 is 22.0 Å². The summed E-state index contributed by atoms with van der Waals surface area (Å²) in [6, 6.07) is 19.6. The first kappa shape index (κ1) is 84.4. The fourth-order valence-corrected chi connectivity index (χ4v) is 21.7. The monoisotopic (exact) mass is 1660 g/mol. The average Bonchev–Trinajstić information content (AvgIpc) is 1.54. The van der Waals surface area contributed by atoms with Crippen molar-refractivity contribution in [1.29, 1.82) is 0 Å². The summed E-state index contributed by atoms with van der Waals surface area (Å²) in [5.41, 5.74) is -5.57. The molecule has 0 bridgehead atoms. The molecule has 3 amide bonds. The van der Waals surface area contributed by atoms with Crippen LogP contribution in [0, 0.1) is 68.9 Å². The molecule has 3 aliphatic carbocycles. The summed E-state index contributed by atoms with van der Waals surface area (Å²) in [7, 11) is 0. The van der Waals surface area contributed by atoms with Crippen LogP contribution in [0.2, 0.25) is 25.1 Å². The van der Waals surface area contributed by atoms with Crippen LogP contribution in [0.25, 0.3) is 0 Å². The molecular weight excluding hydrogens is 1560 g/mol. The Bertz CT molecular complexity index is 4650. The van der Waals surface area contributed by atoms with Crippen molar-refractivity contribution in [3.05, 3.63) is 190 Å². The molecule has 0 radical (unpaired) electrons. The van der Waals surface area contributed by atoms with Crippen molar-refractivity contribution in [3.63, 3.8) is 0 Å². The second-order valence-corrected chi connectivity index (χ2v) is 39.9. The van der Waals surface area contributed by atoms with Crippen LogP contribution in [0.15, 0.2) is 97.1 Å². The van der Waals surface area contributed by atoms with Crippen LogP contribution in [-0.2, 0) is 45.0 Å². The van der Waals surface area contributed by atoms with E-state index in [1.165, 1.54) is 42.5 Å². The van der Waals surface area contributed by atoms with Crippen molar-refractivity contribution in [2.45, 2.75) is 247 Å². The Kier molecular flexibility index (Phi) is 22.5. The first-order valence-corrected chi connectivity index (χ1v) is 40.5. The van der Waals surface area contributed by atoms with E-state index in [0.29, 0.717) is 79.6 Å². The topological polar surface area (TPSA) is 235 Å². The Morgan fingerprint density at radius 2 is 0.708 bits per heavy atom. The average molecular weight is 1660 g/mol. The van der Waals surface area contributed by atoms with Crippen molar-refractivity contribution < 1.29 is 70.4 Å². The number of rotatable bonds is 15. The van der Waals surface area contributed by atoms with Gasteiger partial charge >= 0.3 is 0 Å². The normalized spacial score (nSPS) is 32.5. The molecule has 12 atom stereocenters. The van der Waals surface area contributed by atoms with Crippen LogP contribution in [0.1, 0.15) is 211 Å². The second kappa shape index (κ2) is 30.2. The number of hydrogen-bond donors (Lipinski definition) is 9. The van der Waals surface area contributed by atoms with Gasteiger partial charge in [-0.25, -0.2) is 26.3 Å². The molecular formula is C87H97Cl5F6N6O9. The molecule has 0 unspecified atom stereocenters. The van der Waals surface area contributed by atoms with Crippen molar-refractivity contribution in [2.24, 2.45) is 34.0 Å². The zero-order valence-corrected chi connectivity index (χ0v) is 68.9. The number of halogens is 11. The highest BCUT2D eigenvalue weighted by atomic mass is 35.5. The van der Waals surface area contributed by atoms with Crippen LogP contribution in [0.3, 0.4) is 0 Å². The molecule has 3 saturated heterocycles. The van der Waals surface area contributed by atoms with Crippen LogP contribution in [-0.4, -0.2) is 103 Å². The van der Waals surface area contributed by atoms with Crippen LogP contribution in [0.5, 0.6) is 0 Å². The van der Waals surface area contributed by atoms with Crippen molar-refractivity contribution in [3.8, 4) is 0 Å². The number of hydrogen-bond acceptors (Lipinski definition) is 12. The van der Waals surface area contributed by atoms with Crippen LogP contribution < -0.4 is 31.9 Å². The summed E-state index contributed by atoms with van der Waals surface area (Å²) in [5, 5.41) is 49.1. The Hall–Kier alpha value is -6.47. The first-order chi connectivity index (χ1) is 52.5. The number of ketones is 3. The zero-order valence-electron chi connectivity index (χ0n) is 65.1. The van der Waals surface area contributed by atoms with Crippen LogP contribution >= 0.6 is 58.0 Å². The molecule has 15 rings (SSSR count). The summed E-state index contributed by atoms with van der Waals surface area (Å²) < 4.78 is 92.0. The number of anilines is 3. The maximum absolute atomic E-state index is 15.7. The third kappa shape index (κ3) is 15.3. The predicted molar refractivity (Wildman–Crippen MR) is 426 cm³/mol. The standard InChI is InChI=1S/C29H32Cl2F2N2O3.C29H33Cl2FN2O3.C29H32ClF3N2O3/c1-27(2,3)13-20-29(16-8-9-18(31)23(33)24(16)35-26(29)37)21(15-6-5-7-17(30)22(15)32)25(34-20)19(36)10-14-11-28(4,38)12-14;1-27(2,3)14-22-29(18-9-8-16(30)11-20(18)33-26(29)36)23(17-6-5-7-19(31)24(17)32)25(34-22)21(35)10-15-12-28(4,37)13-15;1-27(2,3)13-20-29(16-8-9-17(30)23(33)24(16)35-26(29)37)21(15-6-5-7-18(31)22(15)32)25(34-20)19(36)10-14-11-28(4,38)12-14/h5-9,14,20-21,25,34,38H,10-13H2,1-4H3,(H,35,37);5-9,11,15,22-23,25,34,37H,10,12-14H2,1-4H3,(H,33,36);5-9,14,20-21,25,34,38H,10-13H2,1-4H3,(H,35,37)/t14?,20-,21-,25-,28?,29+;15?,22-,23-,25-,28?,29+;14?,20-,21-,25-,28?,29+/m000/s1. The van der Waals surface area contributed by atoms with Gasteiger partial charge < -0.3 is 47.2 Å². The Labute approximate surface area is 679 Å². The van der Waals surface area contributed by atoms with Gasteiger partial charge in [0.25, 0.3) is 0 Å². The lowest BCUT2D eigenvalue weighted by Gasteiger charge is -2.41. The highest BCUT2D eigenvalue weighted by Crippen LogP contribution is 2.63.